The summed E-state index contributed by atoms with van der Waals surface area (Å²) in [5.74, 6) is -1.02. The standard InChI is InChI=1S/C11H21N3O3/c12-8(6-9(13)16)10(17)14-11(7-15)4-2-1-3-5-11/h8,15H,1-7,12H2,(H2,13,16)(H,14,17). The van der Waals surface area contributed by atoms with Gasteiger partial charge in [-0.25, -0.2) is 0 Å². The Morgan fingerprint density at radius 1 is 1.29 bits per heavy atom. The molecule has 0 spiro atoms. The van der Waals surface area contributed by atoms with Crippen molar-refractivity contribution in [2.75, 3.05) is 6.61 Å². The summed E-state index contributed by atoms with van der Waals surface area (Å²) in [4.78, 5) is 22.4. The number of carbonyl (C=O) groups is 2. The van der Waals surface area contributed by atoms with Crippen molar-refractivity contribution < 1.29 is 14.7 Å². The molecule has 6 N–H and O–H groups in total. The van der Waals surface area contributed by atoms with Crippen LogP contribution in [0.3, 0.4) is 0 Å². The minimum absolute atomic E-state index is 0.0952. The van der Waals surface area contributed by atoms with Gasteiger partial charge in [-0.3, -0.25) is 9.59 Å². The summed E-state index contributed by atoms with van der Waals surface area (Å²) in [6.45, 7) is -0.0952. The second-order valence-corrected chi connectivity index (χ2v) is 4.77. The van der Waals surface area contributed by atoms with E-state index in [0.29, 0.717) is 0 Å². The van der Waals surface area contributed by atoms with Crippen LogP contribution >= 0.6 is 0 Å². The maximum atomic E-state index is 11.8. The van der Waals surface area contributed by atoms with Gasteiger partial charge in [0.25, 0.3) is 0 Å². The number of aliphatic hydroxyl groups excluding tert-OH is 1. The van der Waals surface area contributed by atoms with Crippen molar-refractivity contribution in [1.82, 2.24) is 5.32 Å². The van der Waals surface area contributed by atoms with Crippen molar-refractivity contribution >= 4 is 11.8 Å². The van der Waals surface area contributed by atoms with E-state index in [-0.39, 0.29) is 13.0 Å². The van der Waals surface area contributed by atoms with Gasteiger partial charge in [-0.05, 0) is 12.8 Å². The van der Waals surface area contributed by atoms with E-state index in [9.17, 15) is 14.7 Å². The maximum absolute atomic E-state index is 11.8. The molecule has 6 heteroatoms. The number of aliphatic hydroxyl groups is 1. The highest BCUT2D eigenvalue weighted by molar-refractivity contribution is 5.87. The van der Waals surface area contributed by atoms with Gasteiger partial charge in [0, 0.05) is 0 Å². The number of primary amides is 1. The zero-order chi connectivity index (χ0) is 12.9. The van der Waals surface area contributed by atoms with Crippen LogP contribution in [0.5, 0.6) is 0 Å². The van der Waals surface area contributed by atoms with Crippen molar-refractivity contribution in [3.8, 4) is 0 Å². The molecule has 17 heavy (non-hydrogen) atoms. The minimum atomic E-state index is -0.933. The number of amides is 2. The SMILES string of the molecule is NC(=O)CC(N)C(=O)NC1(CO)CCCCC1. The molecule has 1 fully saturated rings. The Kier molecular flexibility index (Phi) is 4.89. The molecule has 1 unspecified atom stereocenters. The first-order valence-electron chi connectivity index (χ1n) is 5.96. The second-order valence-electron chi connectivity index (χ2n) is 4.77. The van der Waals surface area contributed by atoms with E-state index in [4.69, 9.17) is 11.5 Å². The van der Waals surface area contributed by atoms with Gasteiger partial charge in [0.05, 0.1) is 24.6 Å². The highest BCUT2D eigenvalue weighted by Crippen LogP contribution is 2.27. The number of nitrogens with two attached hydrogens (primary N) is 2. The predicted octanol–water partition coefficient (Wildman–Crippen LogP) is -0.999. The van der Waals surface area contributed by atoms with E-state index < -0.39 is 23.4 Å². The molecule has 1 rings (SSSR count). The Morgan fingerprint density at radius 3 is 2.35 bits per heavy atom. The minimum Gasteiger partial charge on any atom is -0.394 e. The average Bonchev–Trinajstić information content (AvgIpc) is 2.29. The summed E-state index contributed by atoms with van der Waals surface area (Å²) in [7, 11) is 0. The zero-order valence-corrected chi connectivity index (χ0v) is 9.95. The summed E-state index contributed by atoms with van der Waals surface area (Å²) in [6, 6.07) is -0.933. The molecular formula is C11H21N3O3. The normalized spacial score (nSPS) is 20.6. The van der Waals surface area contributed by atoms with Crippen molar-refractivity contribution in [3.05, 3.63) is 0 Å². The van der Waals surface area contributed by atoms with E-state index >= 15 is 0 Å². The summed E-state index contributed by atoms with van der Waals surface area (Å²) in [5.41, 5.74) is 9.97. The molecule has 0 bridgehead atoms. The summed E-state index contributed by atoms with van der Waals surface area (Å²) in [6.07, 6.45) is 4.40. The number of hydrogen-bond acceptors (Lipinski definition) is 4. The lowest BCUT2D eigenvalue weighted by Gasteiger charge is -2.37. The number of carbonyl (C=O) groups excluding carboxylic acids is 2. The number of rotatable bonds is 5. The number of hydrogen-bond donors (Lipinski definition) is 4. The van der Waals surface area contributed by atoms with Crippen LogP contribution in [-0.4, -0.2) is 35.1 Å². The molecule has 6 nitrogen and oxygen atoms in total. The van der Waals surface area contributed by atoms with Crippen molar-refractivity contribution in [2.24, 2.45) is 11.5 Å². The highest BCUT2D eigenvalue weighted by atomic mass is 16.3. The van der Waals surface area contributed by atoms with Crippen LogP contribution in [0.15, 0.2) is 0 Å². The Morgan fingerprint density at radius 2 is 1.88 bits per heavy atom. The topological polar surface area (TPSA) is 118 Å². The largest absolute Gasteiger partial charge is 0.394 e. The molecule has 0 aromatic carbocycles. The first-order valence-corrected chi connectivity index (χ1v) is 5.96. The zero-order valence-electron chi connectivity index (χ0n) is 9.95. The third-order valence-electron chi connectivity index (χ3n) is 3.26. The lowest BCUT2D eigenvalue weighted by molar-refractivity contribution is -0.128. The van der Waals surface area contributed by atoms with Crippen LogP contribution in [0.2, 0.25) is 0 Å². The smallest absolute Gasteiger partial charge is 0.237 e. The molecule has 0 saturated heterocycles. The van der Waals surface area contributed by atoms with Gasteiger partial charge in [-0.15, -0.1) is 0 Å². The summed E-state index contributed by atoms with van der Waals surface area (Å²) in [5, 5.41) is 12.2. The summed E-state index contributed by atoms with van der Waals surface area (Å²) < 4.78 is 0. The fraction of sp³-hybridized carbons (Fsp3) is 0.818. The van der Waals surface area contributed by atoms with E-state index in [1.165, 1.54) is 0 Å². The van der Waals surface area contributed by atoms with Crippen molar-refractivity contribution in [2.45, 2.75) is 50.1 Å². The van der Waals surface area contributed by atoms with Crippen molar-refractivity contribution in [3.63, 3.8) is 0 Å². The van der Waals surface area contributed by atoms with Gasteiger partial charge in [0.2, 0.25) is 11.8 Å². The fourth-order valence-electron chi connectivity index (χ4n) is 2.21. The molecule has 98 valence electrons. The molecule has 1 aliphatic rings. The molecule has 1 saturated carbocycles. The first-order chi connectivity index (χ1) is 7.99. The van der Waals surface area contributed by atoms with E-state index in [1.54, 1.807) is 0 Å². The van der Waals surface area contributed by atoms with E-state index in [2.05, 4.69) is 5.32 Å². The third kappa shape index (κ3) is 3.98. The molecule has 0 aromatic rings. The lowest BCUT2D eigenvalue weighted by Crippen LogP contribution is -2.57. The monoisotopic (exact) mass is 243 g/mol. The molecule has 1 aliphatic carbocycles. The Hall–Kier alpha value is -1.14. The molecule has 0 aromatic heterocycles. The lowest BCUT2D eigenvalue weighted by atomic mass is 9.82. The van der Waals surface area contributed by atoms with Gasteiger partial charge < -0.3 is 21.9 Å². The van der Waals surface area contributed by atoms with Crippen LogP contribution < -0.4 is 16.8 Å². The number of nitrogens with one attached hydrogen (secondary N) is 1. The molecule has 0 aliphatic heterocycles. The highest BCUT2D eigenvalue weighted by Gasteiger charge is 2.34. The maximum Gasteiger partial charge on any atom is 0.237 e. The van der Waals surface area contributed by atoms with Crippen molar-refractivity contribution in [1.29, 1.82) is 0 Å². The van der Waals surface area contributed by atoms with Gasteiger partial charge in [0.15, 0.2) is 0 Å². The average molecular weight is 243 g/mol. The molecular weight excluding hydrogens is 222 g/mol. The molecule has 2 amide bonds. The van der Waals surface area contributed by atoms with Crippen LogP contribution in [-0.2, 0) is 9.59 Å². The van der Waals surface area contributed by atoms with Crippen LogP contribution in [0, 0.1) is 0 Å². The van der Waals surface area contributed by atoms with Crippen LogP contribution in [0.4, 0.5) is 0 Å². The molecule has 1 atom stereocenters. The molecule has 0 radical (unpaired) electrons. The van der Waals surface area contributed by atoms with Gasteiger partial charge in [-0.2, -0.15) is 0 Å². The quantitative estimate of drug-likeness (QED) is 0.495. The summed E-state index contributed by atoms with van der Waals surface area (Å²) >= 11 is 0. The van der Waals surface area contributed by atoms with Crippen LogP contribution in [0.1, 0.15) is 38.5 Å². The van der Waals surface area contributed by atoms with Crippen LogP contribution in [0.25, 0.3) is 0 Å². The van der Waals surface area contributed by atoms with E-state index in [0.717, 1.165) is 32.1 Å². The Bertz CT molecular complexity index is 288. The molecule has 0 heterocycles. The van der Waals surface area contributed by atoms with E-state index in [1.807, 2.05) is 0 Å². The Labute approximate surface area is 101 Å². The first kappa shape index (κ1) is 13.9. The van der Waals surface area contributed by atoms with Gasteiger partial charge in [-0.1, -0.05) is 19.3 Å². The predicted molar refractivity (Wildman–Crippen MR) is 62.8 cm³/mol. The van der Waals surface area contributed by atoms with Gasteiger partial charge in [0.1, 0.15) is 0 Å². The third-order valence-corrected chi connectivity index (χ3v) is 3.26. The van der Waals surface area contributed by atoms with Gasteiger partial charge >= 0.3 is 0 Å². The Balaban J connectivity index is 2.55. The second kappa shape index (κ2) is 5.97. The fourth-order valence-corrected chi connectivity index (χ4v) is 2.21.